The summed E-state index contributed by atoms with van der Waals surface area (Å²) in [5.41, 5.74) is 4.15. The number of hydrogen-bond donors (Lipinski definition) is 8. The van der Waals surface area contributed by atoms with Gasteiger partial charge in [0, 0.05) is 99.5 Å². The third kappa shape index (κ3) is 14.2. The Morgan fingerprint density at radius 2 is 0.814 bits per heavy atom. The highest BCUT2D eigenvalue weighted by Crippen LogP contribution is 2.51. The molecule has 4 fully saturated rings. The monoisotopic (exact) mass is 1010 g/mol. The number of anilines is 2. The van der Waals surface area contributed by atoms with Crippen LogP contribution in [0.3, 0.4) is 0 Å². The van der Waals surface area contributed by atoms with Crippen LogP contribution in [0.15, 0.2) is 84.9 Å². The highest BCUT2D eigenvalue weighted by atomic mass is 35.5. The summed E-state index contributed by atoms with van der Waals surface area (Å²) in [4.78, 5) is 72.4. The van der Waals surface area contributed by atoms with Gasteiger partial charge in [0.15, 0.2) is 11.5 Å². The normalized spacial score (nSPS) is 20.5. The first-order valence-electron chi connectivity index (χ1n) is 21.8. The predicted molar refractivity (Wildman–Crippen MR) is 250 cm³/mol. The molecule has 4 aromatic rings. The van der Waals surface area contributed by atoms with Crippen molar-refractivity contribution in [2.75, 3.05) is 75.6 Å². The molecule has 10 rings (SSSR count). The molecular weight excluding hydrogens is 963 g/mol. The van der Waals surface area contributed by atoms with Crippen LogP contribution < -0.4 is 30.2 Å². The van der Waals surface area contributed by atoms with Crippen molar-refractivity contribution in [3.05, 3.63) is 106 Å². The summed E-state index contributed by atoms with van der Waals surface area (Å²) in [7, 11) is 0. The molecule has 0 bridgehead atoms. The number of aliphatic carboxylic acids is 6. The third-order valence-electron chi connectivity index (χ3n) is 11.3. The maximum Gasteiger partial charge on any atom is 0.414 e. The predicted octanol–water partition coefficient (Wildman–Crippen LogP) is 4.67. The van der Waals surface area contributed by atoms with Gasteiger partial charge in [0.05, 0.1) is 12.1 Å². The van der Waals surface area contributed by atoms with Crippen molar-refractivity contribution in [3.63, 3.8) is 0 Å². The van der Waals surface area contributed by atoms with Crippen LogP contribution in [0.2, 0.25) is 10.0 Å². The lowest BCUT2D eigenvalue weighted by atomic mass is 10.00. The Kier molecular flexibility index (Phi) is 18.6. The second-order valence-corrected chi connectivity index (χ2v) is 16.9. The van der Waals surface area contributed by atoms with Gasteiger partial charge in [-0.25, -0.2) is 38.9 Å². The minimum Gasteiger partial charge on any atom is -0.473 e. The molecule has 0 saturated carbocycles. The van der Waals surface area contributed by atoms with Crippen LogP contribution >= 0.6 is 23.2 Å². The number of nitrogens with zero attached hydrogens (tertiary/aromatic N) is 4. The van der Waals surface area contributed by atoms with E-state index in [2.05, 4.69) is 44.7 Å². The van der Waals surface area contributed by atoms with Gasteiger partial charge in [-0.3, -0.25) is 19.5 Å². The summed E-state index contributed by atoms with van der Waals surface area (Å²) < 4.78 is 12.4. The van der Waals surface area contributed by atoms with Gasteiger partial charge in [-0.05, 0) is 48.5 Å². The summed E-state index contributed by atoms with van der Waals surface area (Å²) in [6.07, 6.45) is 2.21. The van der Waals surface area contributed by atoms with Crippen molar-refractivity contribution in [2.45, 2.75) is 37.1 Å². The highest BCUT2D eigenvalue weighted by molar-refractivity contribution is 6.31. The largest absolute Gasteiger partial charge is 0.473 e. The van der Waals surface area contributed by atoms with Crippen molar-refractivity contribution in [1.82, 2.24) is 20.4 Å². The number of para-hydroxylation sites is 2. The van der Waals surface area contributed by atoms with Crippen LogP contribution in [0.4, 0.5) is 11.4 Å². The Balaban J connectivity index is 0.000000171. The third-order valence-corrected chi connectivity index (χ3v) is 11.7. The summed E-state index contributed by atoms with van der Waals surface area (Å²) in [6, 6.07) is 28.2. The second kappa shape index (κ2) is 24.7. The lowest BCUT2D eigenvalue weighted by molar-refractivity contribution is -0.159. The molecule has 70 heavy (non-hydrogen) atoms. The zero-order valence-corrected chi connectivity index (χ0v) is 38.7. The number of carboxylic acids is 6. The van der Waals surface area contributed by atoms with E-state index in [1.807, 2.05) is 70.8 Å². The van der Waals surface area contributed by atoms with Gasteiger partial charge >= 0.3 is 35.8 Å². The second-order valence-electron chi connectivity index (χ2n) is 16.0. The Bertz CT molecular complexity index is 2300. The van der Waals surface area contributed by atoms with Crippen LogP contribution in [0, 0.1) is 0 Å². The maximum absolute atomic E-state index is 9.10. The van der Waals surface area contributed by atoms with E-state index in [9.17, 15) is 0 Å². The van der Waals surface area contributed by atoms with Crippen LogP contribution in [-0.2, 0) is 38.4 Å². The van der Waals surface area contributed by atoms with Crippen LogP contribution in [0.5, 0.6) is 23.0 Å². The Morgan fingerprint density at radius 3 is 1.14 bits per heavy atom. The zero-order chi connectivity index (χ0) is 50.5. The Hall–Kier alpha value is -6.76. The fraction of sp³-hybridized carbons (Fsp3) is 0.348. The van der Waals surface area contributed by atoms with Gasteiger partial charge < -0.3 is 50.7 Å². The fourth-order valence-corrected chi connectivity index (χ4v) is 8.54. The molecule has 0 aromatic heterocycles. The molecule has 4 atom stereocenters. The van der Waals surface area contributed by atoms with E-state index in [0.29, 0.717) is 10.0 Å². The molecule has 6 aliphatic heterocycles. The molecular formula is C46H50Cl2N6O16. The number of hydroxylamine groups is 2. The average molecular weight is 1010 g/mol. The minimum absolute atomic E-state index is 0.138. The molecule has 6 heterocycles. The first-order valence-corrected chi connectivity index (χ1v) is 22.5. The van der Waals surface area contributed by atoms with E-state index in [1.54, 1.807) is 0 Å². The molecule has 0 spiro atoms. The average Bonchev–Trinajstić information content (AvgIpc) is 3.90. The SMILES string of the molecule is Clc1ccc2c(c1)N1O[C@@H](CN3CCNCC3)C[C@@H]1c1ccccc1O2.Clc1ccc2c(c1)N1O[C@@H](CN3CCNCC3)C[C@@H]1c1ccccc1O2.O=C(O)C(=O)O.O=C(O)C(=O)O.O=C(O)C(=O)O. The van der Waals surface area contributed by atoms with E-state index >= 15 is 0 Å². The summed E-state index contributed by atoms with van der Waals surface area (Å²) in [5.74, 6) is -7.58. The zero-order valence-electron chi connectivity index (χ0n) is 37.2. The topological polar surface area (TPSA) is 298 Å². The molecule has 0 radical (unpaired) electrons. The number of fused-ring (bicyclic) bond motifs is 10. The van der Waals surface area contributed by atoms with Crippen LogP contribution in [-0.4, -0.2) is 154 Å². The number of nitrogens with one attached hydrogen (secondary N) is 2. The number of carboxylic acid groups (broad SMARTS) is 6. The molecule has 24 heteroatoms. The van der Waals surface area contributed by atoms with E-state index in [4.69, 9.17) is 102 Å². The number of benzene rings is 4. The summed E-state index contributed by atoms with van der Waals surface area (Å²) in [5, 5.41) is 56.6. The highest BCUT2D eigenvalue weighted by Gasteiger charge is 2.42. The van der Waals surface area contributed by atoms with Gasteiger partial charge in [0.1, 0.15) is 35.1 Å². The number of ether oxygens (including phenoxy) is 2. The van der Waals surface area contributed by atoms with E-state index in [1.165, 1.54) is 11.1 Å². The van der Waals surface area contributed by atoms with Gasteiger partial charge in [-0.15, -0.1) is 0 Å². The quantitative estimate of drug-likeness (QED) is 0.129. The Labute approximate surface area is 409 Å². The van der Waals surface area contributed by atoms with Crippen molar-refractivity contribution in [2.24, 2.45) is 0 Å². The molecule has 6 aliphatic rings. The minimum atomic E-state index is -1.82. The van der Waals surface area contributed by atoms with Gasteiger partial charge in [0.25, 0.3) is 0 Å². The van der Waals surface area contributed by atoms with Crippen molar-refractivity contribution < 1.29 is 78.6 Å². The lowest BCUT2D eigenvalue weighted by Gasteiger charge is -2.29. The molecule has 374 valence electrons. The van der Waals surface area contributed by atoms with Gasteiger partial charge in [0.2, 0.25) is 0 Å². The van der Waals surface area contributed by atoms with Crippen LogP contribution in [0.1, 0.15) is 36.1 Å². The molecule has 8 N–H and O–H groups in total. The number of carbonyl (C=O) groups is 6. The lowest BCUT2D eigenvalue weighted by Crippen LogP contribution is -2.46. The van der Waals surface area contributed by atoms with E-state index in [0.717, 1.165) is 113 Å². The molecule has 4 aromatic carbocycles. The maximum atomic E-state index is 9.10. The number of halogens is 2. The van der Waals surface area contributed by atoms with E-state index < -0.39 is 35.8 Å². The number of rotatable bonds is 4. The first-order chi connectivity index (χ1) is 33.5. The molecule has 0 unspecified atom stereocenters. The van der Waals surface area contributed by atoms with Crippen molar-refractivity contribution in [1.29, 1.82) is 0 Å². The fourth-order valence-electron chi connectivity index (χ4n) is 8.21. The van der Waals surface area contributed by atoms with Gasteiger partial charge in [-0.2, -0.15) is 0 Å². The molecule has 0 amide bonds. The summed E-state index contributed by atoms with van der Waals surface area (Å²) in [6.45, 7) is 10.4. The number of piperazine rings is 2. The smallest absolute Gasteiger partial charge is 0.414 e. The van der Waals surface area contributed by atoms with Crippen molar-refractivity contribution in [3.8, 4) is 23.0 Å². The van der Waals surface area contributed by atoms with Crippen molar-refractivity contribution >= 4 is 70.4 Å². The molecule has 4 saturated heterocycles. The van der Waals surface area contributed by atoms with Gasteiger partial charge in [-0.1, -0.05) is 59.6 Å². The number of hydrogen-bond acceptors (Lipinski definition) is 16. The molecule has 0 aliphatic carbocycles. The van der Waals surface area contributed by atoms with Crippen LogP contribution in [0.25, 0.3) is 0 Å². The first kappa shape index (κ1) is 52.6. The molecule has 22 nitrogen and oxygen atoms in total. The summed E-state index contributed by atoms with van der Waals surface area (Å²) >= 11 is 12.5. The standard InChI is InChI=1S/2C20H22ClN3O2.3C2H2O4/c2*21-14-5-6-20-18(11-14)24-17(16-3-1-2-4-19(16)25-20)12-15(26-24)13-23-9-7-22-8-10-23;3*3-1(4)2(5)6/h2*1-6,11,15,17,22H,7-10,12-13H2;3*(H,3,4)(H,5,6)/t2*15-,17-;;;/m11.../s1. The Morgan fingerprint density at radius 1 is 0.486 bits per heavy atom. The van der Waals surface area contributed by atoms with E-state index in [-0.39, 0.29) is 24.3 Å².